The van der Waals surface area contributed by atoms with E-state index in [4.69, 9.17) is 4.74 Å². The van der Waals surface area contributed by atoms with Gasteiger partial charge in [0.05, 0.1) is 10.6 Å². The van der Waals surface area contributed by atoms with Crippen molar-refractivity contribution in [2.24, 2.45) is 0 Å². The van der Waals surface area contributed by atoms with E-state index >= 15 is 0 Å². The summed E-state index contributed by atoms with van der Waals surface area (Å²) in [6.07, 6.45) is 2.82. The fourth-order valence-corrected chi connectivity index (χ4v) is 4.40. The Bertz CT molecular complexity index is 969. The molecule has 4 rings (SSSR count). The van der Waals surface area contributed by atoms with Crippen LogP contribution in [0.2, 0.25) is 0 Å². The van der Waals surface area contributed by atoms with Crippen molar-refractivity contribution in [1.29, 1.82) is 0 Å². The summed E-state index contributed by atoms with van der Waals surface area (Å²) in [5.74, 6) is 0.756. The topological polar surface area (TPSA) is 81.2 Å². The smallest absolute Gasteiger partial charge is 0.265 e. The largest absolute Gasteiger partial charge is 0.487 e. The predicted octanol–water partition coefficient (Wildman–Crippen LogP) is 2.90. The van der Waals surface area contributed by atoms with Gasteiger partial charge in [-0.05, 0) is 24.3 Å². The van der Waals surface area contributed by atoms with Crippen LogP contribution < -0.4 is 9.46 Å². The maximum Gasteiger partial charge on any atom is 0.265 e. The molecule has 116 valence electrons. The lowest BCUT2D eigenvalue weighted by molar-refractivity contribution is 0.305. The van der Waals surface area contributed by atoms with Crippen molar-refractivity contribution in [3.8, 4) is 17.0 Å². The Morgan fingerprint density at radius 1 is 1.17 bits per heavy atom. The molecule has 0 spiro atoms. The zero-order chi connectivity index (χ0) is 15.9. The molecule has 0 saturated carbocycles. The highest BCUT2D eigenvalue weighted by atomic mass is 32.2. The summed E-state index contributed by atoms with van der Waals surface area (Å²) in [7, 11) is -3.70. The summed E-state index contributed by atoms with van der Waals surface area (Å²) < 4.78 is 32.9. The van der Waals surface area contributed by atoms with Crippen molar-refractivity contribution in [2.75, 3.05) is 4.72 Å². The molecule has 3 aromatic rings. The van der Waals surface area contributed by atoms with Crippen LogP contribution in [0.3, 0.4) is 0 Å². The number of para-hydroxylation sites is 1. The predicted molar refractivity (Wildman–Crippen MR) is 86.9 cm³/mol. The molecule has 8 heteroatoms. The van der Waals surface area contributed by atoms with E-state index in [0.29, 0.717) is 11.7 Å². The molecule has 0 atom stereocenters. The highest BCUT2D eigenvalue weighted by Gasteiger charge is 2.24. The quantitative estimate of drug-likeness (QED) is 0.789. The lowest BCUT2D eigenvalue weighted by Crippen LogP contribution is -2.12. The summed E-state index contributed by atoms with van der Waals surface area (Å²) in [4.78, 5) is 9.26. The van der Waals surface area contributed by atoms with Gasteiger partial charge in [-0.2, -0.15) is 0 Å². The molecule has 1 aliphatic heterocycles. The number of thiazole rings is 1. The number of fused-ring (bicyclic) bond motifs is 3. The van der Waals surface area contributed by atoms with E-state index in [0.717, 1.165) is 21.9 Å². The molecule has 2 aromatic heterocycles. The number of ether oxygens (including phenoxy) is 1. The van der Waals surface area contributed by atoms with E-state index < -0.39 is 10.0 Å². The molecular formula is C15H11N3O3S2. The van der Waals surface area contributed by atoms with Crippen LogP contribution in [0, 0.1) is 0 Å². The molecule has 0 fully saturated rings. The number of anilines is 1. The van der Waals surface area contributed by atoms with Crippen molar-refractivity contribution in [3.05, 3.63) is 53.7 Å². The van der Waals surface area contributed by atoms with Gasteiger partial charge in [0.25, 0.3) is 10.0 Å². The first-order valence-corrected chi connectivity index (χ1v) is 9.08. The third-order valence-corrected chi connectivity index (χ3v) is 5.76. The lowest BCUT2D eigenvalue weighted by atomic mass is 10.1. The van der Waals surface area contributed by atoms with Gasteiger partial charge in [-0.1, -0.05) is 23.5 Å². The van der Waals surface area contributed by atoms with E-state index in [9.17, 15) is 8.42 Å². The van der Waals surface area contributed by atoms with Crippen molar-refractivity contribution in [1.82, 2.24) is 9.97 Å². The minimum atomic E-state index is -3.70. The number of aromatic nitrogens is 2. The minimum absolute atomic E-state index is 0.102. The van der Waals surface area contributed by atoms with Gasteiger partial charge in [0.1, 0.15) is 17.3 Å². The van der Waals surface area contributed by atoms with E-state index in [1.807, 2.05) is 24.3 Å². The maximum absolute atomic E-state index is 12.3. The highest BCUT2D eigenvalue weighted by molar-refractivity contribution is 7.93. The molecule has 0 unspecified atom stereocenters. The molecule has 1 aromatic carbocycles. The molecule has 1 aliphatic rings. The molecule has 1 N–H and O–H groups in total. The Morgan fingerprint density at radius 3 is 2.87 bits per heavy atom. The van der Waals surface area contributed by atoms with Crippen LogP contribution in [-0.4, -0.2) is 18.4 Å². The molecule has 0 aliphatic carbocycles. The average molecular weight is 345 g/mol. The summed E-state index contributed by atoms with van der Waals surface area (Å²) in [6.45, 7) is 0.388. The number of sulfonamides is 1. The third-order valence-electron chi connectivity index (χ3n) is 3.36. The Kier molecular flexibility index (Phi) is 3.28. The van der Waals surface area contributed by atoms with Crippen LogP contribution in [0.15, 0.2) is 53.7 Å². The molecule has 23 heavy (non-hydrogen) atoms. The van der Waals surface area contributed by atoms with E-state index in [1.54, 1.807) is 6.07 Å². The van der Waals surface area contributed by atoms with E-state index in [2.05, 4.69) is 14.7 Å². The Hall–Kier alpha value is -2.45. The number of nitrogens with one attached hydrogen (secondary N) is 1. The highest BCUT2D eigenvalue weighted by Crippen LogP contribution is 2.40. The standard InChI is InChI=1S/C15H11N3O3S2/c19-23(20,10-4-3-7-16-8-10)18-15-17-14-11-5-1-2-6-12(11)21-9-13(14)22-15/h1-8H,9H2,(H,17,18). The van der Waals surface area contributed by atoms with E-state index in [1.165, 1.54) is 29.8 Å². The summed E-state index contributed by atoms with van der Waals surface area (Å²) in [6, 6.07) is 10.6. The van der Waals surface area contributed by atoms with Crippen LogP contribution in [0.1, 0.15) is 4.88 Å². The zero-order valence-electron chi connectivity index (χ0n) is 11.8. The van der Waals surface area contributed by atoms with Gasteiger partial charge in [-0.3, -0.25) is 9.71 Å². The van der Waals surface area contributed by atoms with Crippen LogP contribution in [0.4, 0.5) is 5.13 Å². The molecule has 0 radical (unpaired) electrons. The minimum Gasteiger partial charge on any atom is -0.487 e. The van der Waals surface area contributed by atoms with Crippen molar-refractivity contribution < 1.29 is 13.2 Å². The average Bonchev–Trinajstić information content (AvgIpc) is 2.98. The first-order valence-electron chi connectivity index (χ1n) is 6.78. The van der Waals surface area contributed by atoms with Crippen LogP contribution in [0.25, 0.3) is 11.3 Å². The van der Waals surface area contributed by atoms with Crippen LogP contribution >= 0.6 is 11.3 Å². The second-order valence-corrected chi connectivity index (χ2v) is 7.64. The van der Waals surface area contributed by atoms with Crippen molar-refractivity contribution >= 4 is 26.5 Å². The molecule has 0 amide bonds. The molecule has 6 nitrogen and oxygen atoms in total. The SMILES string of the molecule is O=S(=O)(Nc1nc2c(s1)COc1ccccc1-2)c1cccnc1. The second-order valence-electron chi connectivity index (χ2n) is 4.87. The monoisotopic (exact) mass is 345 g/mol. The summed E-state index contributed by atoms with van der Waals surface area (Å²) >= 11 is 1.27. The molecule has 0 bridgehead atoms. The number of nitrogens with zero attached hydrogens (tertiary/aromatic N) is 2. The molecule has 3 heterocycles. The number of rotatable bonds is 3. The van der Waals surface area contributed by atoms with Gasteiger partial charge in [0, 0.05) is 18.0 Å². The molecular weight excluding hydrogens is 334 g/mol. The maximum atomic E-state index is 12.3. The summed E-state index contributed by atoms with van der Waals surface area (Å²) in [5.41, 5.74) is 1.64. The summed E-state index contributed by atoms with van der Waals surface area (Å²) in [5, 5.41) is 0.319. The van der Waals surface area contributed by atoms with Crippen LogP contribution in [0.5, 0.6) is 5.75 Å². The first-order chi connectivity index (χ1) is 11.1. The normalized spacial score (nSPS) is 12.9. The van der Waals surface area contributed by atoms with Gasteiger partial charge >= 0.3 is 0 Å². The Morgan fingerprint density at radius 2 is 2.04 bits per heavy atom. The van der Waals surface area contributed by atoms with Crippen molar-refractivity contribution in [2.45, 2.75) is 11.5 Å². The fraction of sp³-hybridized carbons (Fsp3) is 0.0667. The van der Waals surface area contributed by atoms with Gasteiger partial charge in [0.2, 0.25) is 0 Å². The van der Waals surface area contributed by atoms with Gasteiger partial charge in [-0.25, -0.2) is 13.4 Å². The zero-order valence-corrected chi connectivity index (χ0v) is 13.4. The van der Waals surface area contributed by atoms with Gasteiger partial charge in [-0.15, -0.1) is 0 Å². The molecule has 0 saturated heterocycles. The second kappa shape index (κ2) is 5.32. The Balaban J connectivity index is 1.70. The number of hydrogen-bond acceptors (Lipinski definition) is 6. The Labute approximate surface area is 136 Å². The lowest BCUT2D eigenvalue weighted by Gasteiger charge is -2.15. The third kappa shape index (κ3) is 2.55. The first kappa shape index (κ1) is 14.2. The van der Waals surface area contributed by atoms with E-state index in [-0.39, 0.29) is 4.90 Å². The number of hydrogen-bond donors (Lipinski definition) is 1. The fourth-order valence-electron chi connectivity index (χ4n) is 2.32. The van der Waals surface area contributed by atoms with Crippen LogP contribution in [-0.2, 0) is 16.6 Å². The van der Waals surface area contributed by atoms with Gasteiger partial charge < -0.3 is 4.74 Å². The number of pyridine rings is 1. The number of benzene rings is 1. The van der Waals surface area contributed by atoms with Gasteiger partial charge in [0.15, 0.2) is 5.13 Å². The van der Waals surface area contributed by atoms with Crippen molar-refractivity contribution in [3.63, 3.8) is 0 Å².